The van der Waals surface area contributed by atoms with E-state index in [0.717, 1.165) is 68.1 Å². The molecule has 8 nitrogen and oxygen atoms in total. The first-order valence-electron chi connectivity index (χ1n) is 12.3. The van der Waals surface area contributed by atoms with E-state index < -0.39 is 0 Å². The number of aromatic nitrogens is 3. The van der Waals surface area contributed by atoms with Crippen molar-refractivity contribution in [3.63, 3.8) is 0 Å². The van der Waals surface area contributed by atoms with Crippen molar-refractivity contribution in [2.75, 3.05) is 31.6 Å². The fourth-order valence-electron chi connectivity index (χ4n) is 5.29. The number of hydrogen-bond donors (Lipinski definition) is 1. The minimum atomic E-state index is -0.0529. The Morgan fingerprint density at radius 2 is 2.00 bits per heavy atom. The third-order valence-corrected chi connectivity index (χ3v) is 7.18. The van der Waals surface area contributed by atoms with Crippen LogP contribution >= 0.6 is 0 Å². The van der Waals surface area contributed by atoms with Gasteiger partial charge in [-0.05, 0) is 56.7 Å². The first-order chi connectivity index (χ1) is 16.2. The highest BCUT2D eigenvalue weighted by molar-refractivity contribution is 5.54. The van der Waals surface area contributed by atoms with E-state index in [0.29, 0.717) is 31.4 Å². The lowest BCUT2D eigenvalue weighted by Crippen LogP contribution is -2.46. The van der Waals surface area contributed by atoms with Gasteiger partial charge in [0.15, 0.2) is 0 Å². The van der Waals surface area contributed by atoms with Gasteiger partial charge in [-0.3, -0.25) is 9.69 Å². The number of piperidine rings is 1. The molecule has 1 atom stereocenters. The third-order valence-electron chi connectivity index (χ3n) is 7.18. The van der Waals surface area contributed by atoms with Crippen LogP contribution in [0.1, 0.15) is 60.2 Å². The molecule has 0 radical (unpaired) electrons. The van der Waals surface area contributed by atoms with Crippen molar-refractivity contribution in [2.45, 2.75) is 70.6 Å². The van der Waals surface area contributed by atoms with Gasteiger partial charge >= 0.3 is 0 Å². The molecule has 5 rings (SSSR count). The van der Waals surface area contributed by atoms with E-state index in [2.05, 4.69) is 21.4 Å². The quantitative estimate of drug-likeness (QED) is 0.725. The molecular formula is C25H32N6O2. The predicted octanol–water partition coefficient (Wildman–Crippen LogP) is 2.43. The van der Waals surface area contributed by atoms with E-state index in [1.165, 1.54) is 31.2 Å². The van der Waals surface area contributed by atoms with Crippen LogP contribution < -0.4 is 10.9 Å². The van der Waals surface area contributed by atoms with Crippen molar-refractivity contribution in [2.24, 2.45) is 0 Å². The second-order valence-corrected chi connectivity index (χ2v) is 9.36. The van der Waals surface area contributed by atoms with E-state index in [-0.39, 0.29) is 5.56 Å². The molecule has 33 heavy (non-hydrogen) atoms. The number of nitriles is 1. The number of nitrogens with one attached hydrogen (secondary N) is 1. The van der Waals surface area contributed by atoms with Gasteiger partial charge in [0.05, 0.1) is 31.0 Å². The second-order valence-electron chi connectivity index (χ2n) is 9.36. The monoisotopic (exact) mass is 448 g/mol. The average molecular weight is 449 g/mol. The summed E-state index contributed by atoms with van der Waals surface area (Å²) in [6.45, 7) is 4.30. The molecule has 1 N–H and O–H groups in total. The van der Waals surface area contributed by atoms with Gasteiger partial charge in [-0.25, -0.2) is 9.67 Å². The summed E-state index contributed by atoms with van der Waals surface area (Å²) in [5, 5.41) is 17.7. The maximum Gasteiger partial charge on any atom is 0.267 e. The van der Waals surface area contributed by atoms with Gasteiger partial charge in [0.25, 0.3) is 5.56 Å². The van der Waals surface area contributed by atoms with Crippen LogP contribution in [0.5, 0.6) is 0 Å². The highest BCUT2D eigenvalue weighted by atomic mass is 16.5. The van der Waals surface area contributed by atoms with E-state index in [9.17, 15) is 10.1 Å². The minimum absolute atomic E-state index is 0.0529. The Labute approximate surface area is 194 Å². The number of likely N-dealkylation sites (tertiary alicyclic amines) is 1. The lowest BCUT2D eigenvalue weighted by atomic mass is 9.95. The van der Waals surface area contributed by atoms with Crippen molar-refractivity contribution < 1.29 is 4.74 Å². The third kappa shape index (κ3) is 4.94. The Kier molecular flexibility index (Phi) is 6.70. The molecule has 2 aliphatic heterocycles. The number of nitrogens with zero attached hydrogens (tertiary/aromatic N) is 5. The zero-order valence-electron chi connectivity index (χ0n) is 19.2. The first kappa shape index (κ1) is 22.1. The number of anilines is 1. The predicted molar refractivity (Wildman–Crippen MR) is 125 cm³/mol. The van der Waals surface area contributed by atoms with E-state index >= 15 is 0 Å². The summed E-state index contributed by atoms with van der Waals surface area (Å²) < 4.78 is 7.06. The van der Waals surface area contributed by atoms with Gasteiger partial charge in [-0.15, -0.1) is 0 Å². The molecule has 174 valence electrons. The Morgan fingerprint density at radius 1 is 1.09 bits per heavy atom. The van der Waals surface area contributed by atoms with Gasteiger partial charge in [0.1, 0.15) is 11.9 Å². The molecule has 3 aliphatic rings. The number of rotatable bonds is 6. The van der Waals surface area contributed by atoms with Crippen molar-refractivity contribution in [1.29, 1.82) is 5.26 Å². The molecule has 2 aromatic rings. The summed E-state index contributed by atoms with van der Waals surface area (Å²) in [5.41, 5.74) is 4.88. The van der Waals surface area contributed by atoms with Crippen LogP contribution in [0.4, 0.5) is 5.82 Å². The topological polar surface area (TPSA) is 96.1 Å². The number of pyridine rings is 1. The zero-order valence-corrected chi connectivity index (χ0v) is 19.2. The van der Waals surface area contributed by atoms with Crippen LogP contribution in [0, 0.1) is 11.3 Å². The Morgan fingerprint density at radius 3 is 2.91 bits per heavy atom. The smallest absolute Gasteiger partial charge is 0.267 e. The average Bonchev–Trinajstić information content (AvgIpc) is 2.86. The molecule has 1 fully saturated rings. The van der Waals surface area contributed by atoms with Gasteiger partial charge in [-0.1, -0.05) is 6.42 Å². The summed E-state index contributed by atoms with van der Waals surface area (Å²) in [4.78, 5) is 19.8. The minimum Gasteiger partial charge on any atom is -0.376 e. The van der Waals surface area contributed by atoms with Crippen molar-refractivity contribution >= 4 is 5.82 Å². The highest BCUT2D eigenvalue weighted by Gasteiger charge is 2.24. The Hall–Kier alpha value is -2.76. The fourth-order valence-corrected chi connectivity index (χ4v) is 5.29. The molecule has 2 aromatic heterocycles. The molecular weight excluding hydrogens is 416 g/mol. The largest absolute Gasteiger partial charge is 0.376 e. The Balaban J connectivity index is 1.25. The molecule has 0 spiro atoms. The molecule has 4 heterocycles. The summed E-state index contributed by atoms with van der Waals surface area (Å²) in [5.74, 6) is 0.721. The van der Waals surface area contributed by atoms with Crippen LogP contribution in [0.2, 0.25) is 0 Å². The van der Waals surface area contributed by atoms with E-state index in [1.807, 2.05) is 6.07 Å². The van der Waals surface area contributed by atoms with Crippen LogP contribution in [0.3, 0.4) is 0 Å². The van der Waals surface area contributed by atoms with Crippen molar-refractivity contribution in [3.05, 3.63) is 50.6 Å². The van der Waals surface area contributed by atoms with E-state index in [4.69, 9.17) is 9.72 Å². The second kappa shape index (κ2) is 10.0. The van der Waals surface area contributed by atoms with Crippen LogP contribution in [-0.4, -0.2) is 51.9 Å². The van der Waals surface area contributed by atoms with E-state index in [1.54, 1.807) is 10.7 Å². The summed E-state index contributed by atoms with van der Waals surface area (Å²) in [6.07, 6.45) is 8.61. The lowest BCUT2D eigenvalue weighted by Gasteiger charge is -2.36. The van der Waals surface area contributed by atoms with Crippen LogP contribution in [-0.2, 0) is 37.2 Å². The van der Waals surface area contributed by atoms with Crippen molar-refractivity contribution in [3.8, 4) is 6.07 Å². The molecule has 1 saturated heterocycles. The lowest BCUT2D eigenvalue weighted by molar-refractivity contribution is 0.107. The van der Waals surface area contributed by atoms with Gasteiger partial charge < -0.3 is 10.1 Å². The summed E-state index contributed by atoms with van der Waals surface area (Å²) in [6, 6.07) is 6.39. The normalized spacial score (nSPS) is 20.5. The molecule has 1 unspecified atom stereocenters. The number of fused-ring (bicyclic) bond motifs is 2. The fraction of sp³-hybridized carbons (Fsp3) is 0.600. The molecule has 1 aliphatic carbocycles. The van der Waals surface area contributed by atoms with Gasteiger partial charge in [-0.2, -0.15) is 10.4 Å². The molecule has 0 saturated carbocycles. The van der Waals surface area contributed by atoms with Gasteiger partial charge in [0, 0.05) is 42.9 Å². The molecule has 0 amide bonds. The van der Waals surface area contributed by atoms with Gasteiger partial charge in [0.2, 0.25) is 0 Å². The molecule has 0 bridgehead atoms. The number of aryl methyl sites for hydroxylation is 2. The molecule has 8 heteroatoms. The van der Waals surface area contributed by atoms with Crippen LogP contribution in [0.25, 0.3) is 0 Å². The maximum absolute atomic E-state index is 12.5. The molecule has 0 aromatic carbocycles. The summed E-state index contributed by atoms with van der Waals surface area (Å²) >= 11 is 0. The van der Waals surface area contributed by atoms with Crippen LogP contribution in [0.15, 0.2) is 16.9 Å². The number of ether oxygens (including phenoxy) is 1. The first-order valence-corrected chi connectivity index (χ1v) is 12.3. The zero-order chi connectivity index (χ0) is 22.6. The van der Waals surface area contributed by atoms with Crippen molar-refractivity contribution in [1.82, 2.24) is 19.7 Å². The SMILES string of the molecule is N#Cc1cc2c(nc1NCC1CCCCN1CCn1nc3c(cc1=O)COCC3)CCCC2. The maximum atomic E-state index is 12.5. The standard InChI is InChI=1S/C25H32N6O2/c26-15-19-13-18-5-1-2-7-22(18)28-25(19)27-16-21-6-3-4-9-30(21)10-11-31-24(32)14-20-17-33-12-8-23(20)29-31/h13-14,21H,1-12,16-17H2,(H,27,28). The Bertz CT molecular complexity index is 1110. The number of hydrogen-bond acceptors (Lipinski definition) is 7. The highest BCUT2D eigenvalue weighted by Crippen LogP contribution is 2.25. The summed E-state index contributed by atoms with van der Waals surface area (Å²) in [7, 11) is 0.